The van der Waals surface area contributed by atoms with E-state index in [9.17, 15) is 4.39 Å². The number of ether oxygens (including phenoxy) is 1. The fourth-order valence-electron chi connectivity index (χ4n) is 3.97. The molecule has 0 spiro atoms. The molecule has 0 unspecified atom stereocenters. The van der Waals surface area contributed by atoms with Crippen molar-refractivity contribution in [2.24, 2.45) is 7.05 Å². The predicted octanol–water partition coefficient (Wildman–Crippen LogP) is 4.11. The zero-order valence-corrected chi connectivity index (χ0v) is 20.1. The number of aromatic nitrogens is 3. The van der Waals surface area contributed by atoms with Gasteiger partial charge in [0.1, 0.15) is 11.6 Å². The van der Waals surface area contributed by atoms with Crippen LogP contribution in [-0.4, -0.2) is 60.8 Å². The van der Waals surface area contributed by atoms with Crippen LogP contribution >= 0.6 is 0 Å². The minimum absolute atomic E-state index is 0.269. The quantitative estimate of drug-likeness (QED) is 0.381. The van der Waals surface area contributed by atoms with Crippen molar-refractivity contribution in [3.63, 3.8) is 0 Å². The van der Waals surface area contributed by atoms with Gasteiger partial charge in [0.2, 0.25) is 5.95 Å². The Morgan fingerprint density at radius 3 is 2.68 bits per heavy atom. The first kappa shape index (κ1) is 23.3. The highest BCUT2D eigenvalue weighted by molar-refractivity contribution is 5.95. The first-order chi connectivity index (χ1) is 16.3. The standard InChI is InChI=1S/C25H30FN7O/c1-31(2)11-12-32(3)22-14-23(34-5)21(13-19(22)27)30-25-28-10-9-20(29-25)17-15-33(4)24-16(17)7-6-8-18(24)26/h6-10,13-15H,11-12,27H2,1-5H3,(H,28,29,30). The Morgan fingerprint density at radius 1 is 1.15 bits per heavy atom. The molecule has 0 aliphatic rings. The van der Waals surface area contributed by atoms with Crippen LogP contribution in [-0.2, 0) is 7.05 Å². The number of benzene rings is 2. The smallest absolute Gasteiger partial charge is 0.227 e. The summed E-state index contributed by atoms with van der Waals surface area (Å²) < 4.78 is 21.7. The van der Waals surface area contributed by atoms with E-state index in [1.54, 1.807) is 30.0 Å². The van der Waals surface area contributed by atoms with E-state index < -0.39 is 0 Å². The molecule has 0 saturated heterocycles. The number of anilines is 4. The number of methoxy groups -OCH3 is 1. The molecule has 2 aromatic carbocycles. The minimum Gasteiger partial charge on any atom is -0.494 e. The molecular weight excluding hydrogens is 433 g/mol. The third-order valence-corrected chi connectivity index (χ3v) is 5.77. The molecule has 178 valence electrons. The molecular formula is C25H30FN7O. The average Bonchev–Trinajstić information content (AvgIpc) is 3.15. The maximum Gasteiger partial charge on any atom is 0.227 e. The normalized spacial score (nSPS) is 11.3. The molecule has 2 aromatic heterocycles. The van der Waals surface area contributed by atoms with E-state index in [-0.39, 0.29) is 5.82 Å². The number of nitrogens with two attached hydrogens (primary N) is 1. The third kappa shape index (κ3) is 4.60. The highest BCUT2D eigenvalue weighted by Crippen LogP contribution is 2.36. The molecule has 34 heavy (non-hydrogen) atoms. The molecule has 0 aliphatic heterocycles. The highest BCUT2D eigenvalue weighted by atomic mass is 19.1. The van der Waals surface area contributed by atoms with Crippen LogP contribution in [0.1, 0.15) is 0 Å². The predicted molar refractivity (Wildman–Crippen MR) is 136 cm³/mol. The molecule has 4 aromatic rings. The monoisotopic (exact) mass is 463 g/mol. The van der Waals surface area contributed by atoms with Gasteiger partial charge in [-0.15, -0.1) is 0 Å². The Kier molecular flexibility index (Phi) is 6.56. The fourth-order valence-corrected chi connectivity index (χ4v) is 3.97. The number of nitrogens with one attached hydrogen (secondary N) is 1. The van der Waals surface area contributed by atoms with Crippen molar-refractivity contribution in [2.45, 2.75) is 0 Å². The Morgan fingerprint density at radius 2 is 1.94 bits per heavy atom. The lowest BCUT2D eigenvalue weighted by Crippen LogP contribution is -2.29. The number of likely N-dealkylation sites (N-methyl/N-ethyl adjacent to an activating group) is 2. The van der Waals surface area contributed by atoms with E-state index >= 15 is 0 Å². The lowest BCUT2D eigenvalue weighted by molar-refractivity contribution is 0.413. The van der Waals surface area contributed by atoms with Crippen molar-refractivity contribution in [1.29, 1.82) is 0 Å². The topological polar surface area (TPSA) is 84.5 Å². The summed E-state index contributed by atoms with van der Waals surface area (Å²) in [7, 11) is 9.50. The number of rotatable bonds is 8. The van der Waals surface area contributed by atoms with E-state index in [0.29, 0.717) is 34.3 Å². The van der Waals surface area contributed by atoms with Gasteiger partial charge in [0.25, 0.3) is 0 Å². The van der Waals surface area contributed by atoms with Crippen LogP contribution in [0.25, 0.3) is 22.2 Å². The molecule has 0 saturated carbocycles. The molecule has 3 N–H and O–H groups in total. The molecule has 0 amide bonds. The van der Waals surface area contributed by atoms with Crippen LogP contribution in [0.5, 0.6) is 5.75 Å². The fraction of sp³-hybridized carbons (Fsp3) is 0.280. The van der Waals surface area contributed by atoms with Crippen molar-refractivity contribution in [2.75, 3.05) is 57.3 Å². The number of halogens is 1. The maximum atomic E-state index is 14.3. The first-order valence-corrected chi connectivity index (χ1v) is 11.0. The summed E-state index contributed by atoms with van der Waals surface area (Å²) in [6.45, 7) is 1.72. The summed E-state index contributed by atoms with van der Waals surface area (Å²) >= 11 is 0. The van der Waals surface area contributed by atoms with Crippen molar-refractivity contribution < 1.29 is 9.13 Å². The van der Waals surface area contributed by atoms with E-state index in [0.717, 1.165) is 29.7 Å². The largest absolute Gasteiger partial charge is 0.494 e. The summed E-state index contributed by atoms with van der Waals surface area (Å²) in [5.41, 5.74) is 10.6. The van der Waals surface area contributed by atoms with Gasteiger partial charge in [-0.05, 0) is 32.3 Å². The highest BCUT2D eigenvalue weighted by Gasteiger charge is 2.16. The molecule has 0 bridgehead atoms. The number of fused-ring (bicyclic) bond motifs is 1. The number of hydrogen-bond donors (Lipinski definition) is 2. The van der Waals surface area contributed by atoms with Crippen LogP contribution in [0.15, 0.2) is 48.8 Å². The Balaban J connectivity index is 1.65. The van der Waals surface area contributed by atoms with Gasteiger partial charge in [0.15, 0.2) is 0 Å². The van der Waals surface area contributed by atoms with Crippen molar-refractivity contribution in [1.82, 2.24) is 19.4 Å². The van der Waals surface area contributed by atoms with Crippen LogP contribution in [0, 0.1) is 5.82 Å². The van der Waals surface area contributed by atoms with E-state index in [1.807, 2.05) is 52.6 Å². The van der Waals surface area contributed by atoms with Crippen LogP contribution in [0.3, 0.4) is 0 Å². The summed E-state index contributed by atoms with van der Waals surface area (Å²) in [6, 6.07) is 10.6. The Bertz CT molecular complexity index is 1320. The molecule has 4 rings (SSSR count). The SMILES string of the molecule is COc1cc(N(C)CCN(C)C)c(N)cc1Nc1nccc(-c2cn(C)c3c(F)cccc23)n1. The summed E-state index contributed by atoms with van der Waals surface area (Å²) in [4.78, 5) is 13.2. The van der Waals surface area contributed by atoms with Crippen molar-refractivity contribution in [3.8, 4) is 17.0 Å². The van der Waals surface area contributed by atoms with Gasteiger partial charge in [-0.2, -0.15) is 0 Å². The van der Waals surface area contributed by atoms with Crippen molar-refractivity contribution in [3.05, 3.63) is 54.6 Å². The van der Waals surface area contributed by atoms with Gasteiger partial charge >= 0.3 is 0 Å². The van der Waals surface area contributed by atoms with Crippen LogP contribution < -0.4 is 20.7 Å². The van der Waals surface area contributed by atoms with E-state index in [4.69, 9.17) is 10.5 Å². The molecule has 8 nitrogen and oxygen atoms in total. The summed E-state index contributed by atoms with van der Waals surface area (Å²) in [5.74, 6) is 0.744. The minimum atomic E-state index is -0.269. The summed E-state index contributed by atoms with van der Waals surface area (Å²) in [5, 5.41) is 4.01. The van der Waals surface area contributed by atoms with Crippen molar-refractivity contribution >= 4 is 33.9 Å². The average molecular weight is 464 g/mol. The van der Waals surface area contributed by atoms with Gasteiger partial charge in [0.05, 0.1) is 35.4 Å². The van der Waals surface area contributed by atoms with Gasteiger partial charge in [-0.25, -0.2) is 14.4 Å². The number of hydrogen-bond acceptors (Lipinski definition) is 7. The van der Waals surface area contributed by atoms with Crippen LogP contribution in [0.2, 0.25) is 0 Å². The number of para-hydroxylation sites is 1. The Hall–Kier alpha value is -3.85. The summed E-state index contributed by atoms with van der Waals surface area (Å²) in [6.07, 6.45) is 3.54. The second-order valence-corrected chi connectivity index (χ2v) is 8.52. The lowest BCUT2D eigenvalue weighted by Gasteiger charge is -2.24. The number of aryl methyl sites for hydroxylation is 1. The van der Waals surface area contributed by atoms with Gasteiger partial charge in [-0.3, -0.25) is 0 Å². The molecule has 0 aliphatic carbocycles. The second kappa shape index (κ2) is 9.56. The van der Waals surface area contributed by atoms with Crippen LogP contribution in [0.4, 0.5) is 27.4 Å². The number of nitrogens with zero attached hydrogens (tertiary/aromatic N) is 5. The third-order valence-electron chi connectivity index (χ3n) is 5.77. The molecule has 0 fully saturated rings. The molecule has 2 heterocycles. The van der Waals surface area contributed by atoms with Gasteiger partial charge < -0.3 is 30.2 Å². The molecule has 0 radical (unpaired) electrons. The first-order valence-electron chi connectivity index (χ1n) is 11.0. The van der Waals surface area contributed by atoms with E-state index in [1.165, 1.54) is 6.07 Å². The van der Waals surface area contributed by atoms with Gasteiger partial charge in [-0.1, -0.05) is 12.1 Å². The second-order valence-electron chi connectivity index (χ2n) is 8.52. The number of nitrogen functional groups attached to an aromatic ring is 1. The molecule has 0 atom stereocenters. The zero-order valence-electron chi connectivity index (χ0n) is 20.1. The zero-order chi connectivity index (χ0) is 24.4. The van der Waals surface area contributed by atoms with Gasteiger partial charge in [0, 0.05) is 56.6 Å². The van der Waals surface area contributed by atoms with E-state index in [2.05, 4.69) is 25.1 Å². The Labute approximate surface area is 198 Å². The maximum absolute atomic E-state index is 14.3. The molecule has 9 heteroatoms. The lowest BCUT2D eigenvalue weighted by atomic mass is 10.1.